The van der Waals surface area contributed by atoms with Crippen molar-refractivity contribution in [2.45, 2.75) is 20.0 Å². The first-order valence-corrected chi connectivity index (χ1v) is 9.28. The Bertz CT molecular complexity index is 802. The molecule has 5 nitrogen and oxygen atoms in total. The minimum atomic E-state index is -0.187. The van der Waals surface area contributed by atoms with Gasteiger partial charge in [-0.25, -0.2) is 0 Å². The number of carbonyl (C=O) groups excluding carboxylic acids is 1. The molecule has 27 heavy (non-hydrogen) atoms. The molecule has 0 bridgehead atoms. The quantitative estimate of drug-likeness (QED) is 0.699. The van der Waals surface area contributed by atoms with Gasteiger partial charge in [0, 0.05) is 18.2 Å². The highest BCUT2D eigenvalue weighted by Crippen LogP contribution is 2.31. The molecule has 0 saturated carbocycles. The van der Waals surface area contributed by atoms with Gasteiger partial charge < -0.3 is 19.1 Å². The van der Waals surface area contributed by atoms with Crippen molar-refractivity contribution in [3.63, 3.8) is 0 Å². The number of rotatable bonds is 7. The van der Waals surface area contributed by atoms with Crippen LogP contribution in [0.4, 0.5) is 0 Å². The highest BCUT2D eigenvalue weighted by Gasteiger charge is 2.24. The van der Waals surface area contributed by atoms with Crippen molar-refractivity contribution in [1.82, 2.24) is 4.90 Å². The van der Waals surface area contributed by atoms with E-state index >= 15 is 0 Å². The molecule has 0 fully saturated rings. The fourth-order valence-electron chi connectivity index (χ4n) is 2.95. The first kappa shape index (κ1) is 18.8. The summed E-state index contributed by atoms with van der Waals surface area (Å²) in [7, 11) is 0. The molecule has 0 aliphatic carbocycles. The molecule has 1 aliphatic rings. The summed E-state index contributed by atoms with van der Waals surface area (Å²) in [6.45, 7) is 5.98. The highest BCUT2D eigenvalue weighted by molar-refractivity contribution is 5.92. The number of para-hydroxylation sites is 3. The fourth-order valence-corrected chi connectivity index (χ4v) is 2.95. The third kappa shape index (κ3) is 4.82. The van der Waals surface area contributed by atoms with Crippen molar-refractivity contribution >= 4 is 12.0 Å². The lowest BCUT2D eigenvalue weighted by Gasteiger charge is -2.30. The SMILES string of the molecule is CCOc1ccccc1/C=C/C(=O)N(CC)CC1COc2ccccc2O1. The molecule has 1 aliphatic heterocycles. The van der Waals surface area contributed by atoms with E-state index in [9.17, 15) is 4.79 Å². The molecular formula is C22H25NO4. The number of likely N-dealkylation sites (N-methyl/N-ethyl adjacent to an activating group) is 1. The van der Waals surface area contributed by atoms with E-state index in [1.165, 1.54) is 0 Å². The molecule has 1 atom stereocenters. The van der Waals surface area contributed by atoms with Gasteiger partial charge in [0.05, 0.1) is 13.2 Å². The van der Waals surface area contributed by atoms with Gasteiger partial charge in [0.15, 0.2) is 17.6 Å². The molecule has 5 heteroatoms. The summed E-state index contributed by atoms with van der Waals surface area (Å²) >= 11 is 0. The molecule has 2 aromatic carbocycles. The maximum Gasteiger partial charge on any atom is 0.246 e. The minimum Gasteiger partial charge on any atom is -0.493 e. The van der Waals surface area contributed by atoms with E-state index < -0.39 is 0 Å². The zero-order valence-electron chi connectivity index (χ0n) is 15.8. The number of hydrogen-bond acceptors (Lipinski definition) is 4. The van der Waals surface area contributed by atoms with Crippen molar-refractivity contribution < 1.29 is 19.0 Å². The molecule has 2 aromatic rings. The molecule has 1 heterocycles. The molecule has 0 saturated heterocycles. The van der Waals surface area contributed by atoms with E-state index in [1.807, 2.05) is 62.4 Å². The monoisotopic (exact) mass is 367 g/mol. The van der Waals surface area contributed by atoms with Crippen LogP contribution in [0.25, 0.3) is 6.08 Å². The Labute approximate surface area is 160 Å². The lowest BCUT2D eigenvalue weighted by molar-refractivity contribution is -0.127. The Morgan fingerprint density at radius 2 is 1.89 bits per heavy atom. The molecule has 0 N–H and O–H groups in total. The Morgan fingerprint density at radius 3 is 2.67 bits per heavy atom. The van der Waals surface area contributed by atoms with Crippen LogP contribution in [0.1, 0.15) is 19.4 Å². The predicted octanol–water partition coefficient (Wildman–Crippen LogP) is 3.79. The second-order valence-electron chi connectivity index (χ2n) is 6.18. The standard InChI is InChI=1S/C22H25NO4/c1-3-23(15-18-16-26-20-11-7-8-12-21(20)27-18)22(24)14-13-17-9-5-6-10-19(17)25-4-2/h5-14,18H,3-4,15-16H2,1-2H3/b14-13+. The number of amides is 1. The van der Waals surface area contributed by atoms with Gasteiger partial charge in [-0.15, -0.1) is 0 Å². The molecule has 0 spiro atoms. The zero-order valence-corrected chi connectivity index (χ0v) is 15.8. The Hall–Kier alpha value is -2.95. The normalized spacial score (nSPS) is 15.6. The highest BCUT2D eigenvalue weighted by atomic mass is 16.6. The lowest BCUT2D eigenvalue weighted by Crippen LogP contribution is -2.43. The minimum absolute atomic E-state index is 0.0636. The van der Waals surface area contributed by atoms with Gasteiger partial charge in [0.1, 0.15) is 12.4 Å². The molecule has 1 unspecified atom stereocenters. The lowest BCUT2D eigenvalue weighted by atomic mass is 10.2. The van der Waals surface area contributed by atoms with E-state index in [0.717, 1.165) is 22.8 Å². The zero-order chi connectivity index (χ0) is 19.1. The maximum absolute atomic E-state index is 12.6. The van der Waals surface area contributed by atoms with Crippen molar-refractivity contribution in [1.29, 1.82) is 0 Å². The smallest absolute Gasteiger partial charge is 0.246 e. The van der Waals surface area contributed by atoms with Crippen molar-refractivity contribution in [2.24, 2.45) is 0 Å². The Kier molecular flexibility index (Phi) is 6.36. The van der Waals surface area contributed by atoms with E-state index in [4.69, 9.17) is 14.2 Å². The van der Waals surface area contributed by atoms with Gasteiger partial charge in [0.2, 0.25) is 5.91 Å². The van der Waals surface area contributed by atoms with E-state index in [2.05, 4.69) is 0 Å². The number of carbonyl (C=O) groups is 1. The van der Waals surface area contributed by atoms with Crippen LogP contribution in [0.15, 0.2) is 54.6 Å². The van der Waals surface area contributed by atoms with Gasteiger partial charge in [-0.3, -0.25) is 4.79 Å². The summed E-state index contributed by atoms with van der Waals surface area (Å²) in [6, 6.07) is 15.3. The van der Waals surface area contributed by atoms with Crippen LogP contribution in [0, 0.1) is 0 Å². The van der Waals surface area contributed by atoms with Crippen molar-refractivity contribution in [3.8, 4) is 17.2 Å². The predicted molar refractivity (Wildman–Crippen MR) is 105 cm³/mol. The van der Waals surface area contributed by atoms with Gasteiger partial charge >= 0.3 is 0 Å². The number of hydrogen-bond donors (Lipinski definition) is 0. The Balaban J connectivity index is 1.63. The first-order chi connectivity index (χ1) is 13.2. The van der Waals surface area contributed by atoms with Crippen LogP contribution in [0.5, 0.6) is 17.2 Å². The average Bonchev–Trinajstić information content (AvgIpc) is 2.71. The van der Waals surface area contributed by atoms with Gasteiger partial charge in [-0.1, -0.05) is 30.3 Å². The van der Waals surface area contributed by atoms with E-state index in [-0.39, 0.29) is 12.0 Å². The van der Waals surface area contributed by atoms with Crippen molar-refractivity contribution in [3.05, 3.63) is 60.2 Å². The molecule has 142 valence electrons. The second kappa shape index (κ2) is 9.12. The van der Waals surface area contributed by atoms with Crippen LogP contribution >= 0.6 is 0 Å². The number of fused-ring (bicyclic) bond motifs is 1. The molecule has 1 amide bonds. The average molecular weight is 367 g/mol. The van der Waals surface area contributed by atoms with Gasteiger partial charge in [-0.2, -0.15) is 0 Å². The van der Waals surface area contributed by atoms with Gasteiger partial charge in [0.25, 0.3) is 0 Å². The summed E-state index contributed by atoms with van der Waals surface area (Å²) in [5.74, 6) is 2.17. The van der Waals surface area contributed by atoms with Crippen LogP contribution in [-0.2, 0) is 4.79 Å². The van der Waals surface area contributed by atoms with E-state index in [1.54, 1.807) is 17.1 Å². The maximum atomic E-state index is 12.6. The summed E-state index contributed by atoms with van der Waals surface area (Å²) in [4.78, 5) is 14.4. The number of benzene rings is 2. The van der Waals surface area contributed by atoms with E-state index in [0.29, 0.717) is 26.3 Å². The third-order valence-electron chi connectivity index (χ3n) is 4.31. The van der Waals surface area contributed by atoms with Gasteiger partial charge in [-0.05, 0) is 38.1 Å². The molecule has 0 aromatic heterocycles. The summed E-state index contributed by atoms with van der Waals surface area (Å²) in [5, 5.41) is 0. The number of nitrogens with zero attached hydrogens (tertiary/aromatic N) is 1. The van der Waals surface area contributed by atoms with Crippen LogP contribution in [0.3, 0.4) is 0 Å². The Morgan fingerprint density at radius 1 is 1.15 bits per heavy atom. The summed E-state index contributed by atoms with van der Waals surface area (Å²) < 4.78 is 17.3. The van der Waals surface area contributed by atoms with Crippen LogP contribution in [0.2, 0.25) is 0 Å². The third-order valence-corrected chi connectivity index (χ3v) is 4.31. The first-order valence-electron chi connectivity index (χ1n) is 9.28. The summed E-state index contributed by atoms with van der Waals surface area (Å²) in [6.07, 6.45) is 3.19. The molecule has 3 rings (SSSR count). The van der Waals surface area contributed by atoms with Crippen LogP contribution < -0.4 is 14.2 Å². The summed E-state index contributed by atoms with van der Waals surface area (Å²) in [5.41, 5.74) is 0.884. The number of ether oxygens (including phenoxy) is 3. The fraction of sp³-hybridized carbons (Fsp3) is 0.318. The topological polar surface area (TPSA) is 48.0 Å². The van der Waals surface area contributed by atoms with Crippen LogP contribution in [-0.4, -0.2) is 43.2 Å². The molecular weight excluding hydrogens is 342 g/mol. The van der Waals surface area contributed by atoms with Crippen molar-refractivity contribution in [2.75, 3.05) is 26.3 Å². The largest absolute Gasteiger partial charge is 0.493 e. The molecule has 0 radical (unpaired) electrons. The second-order valence-corrected chi connectivity index (χ2v) is 6.18.